The summed E-state index contributed by atoms with van der Waals surface area (Å²) in [6, 6.07) is 24.9. The largest absolute Gasteiger partial charge is 0.385 e. The molecule has 3 aromatic rings. The molecule has 0 aliphatic carbocycles. The summed E-state index contributed by atoms with van der Waals surface area (Å²) in [6.07, 6.45) is 0.179. The van der Waals surface area contributed by atoms with Crippen molar-refractivity contribution in [2.45, 2.75) is 24.6 Å². The molecule has 5 rings (SSSR count). The van der Waals surface area contributed by atoms with Crippen molar-refractivity contribution >= 4 is 46.2 Å². The number of nitrogens with zero attached hydrogens (tertiary/aromatic N) is 3. The van der Waals surface area contributed by atoms with Gasteiger partial charge < -0.3 is 20.2 Å². The first-order valence-electron chi connectivity index (χ1n) is 11.9. The second-order valence-corrected chi connectivity index (χ2v) is 9.96. The van der Waals surface area contributed by atoms with Crippen LogP contribution in [0, 0.1) is 0 Å². The fraction of sp³-hybridized carbons (Fsp3) is 0.250. The van der Waals surface area contributed by atoms with E-state index in [9.17, 15) is 9.90 Å². The van der Waals surface area contributed by atoms with Gasteiger partial charge in [0.05, 0.1) is 17.0 Å². The monoisotopic (exact) mass is 518 g/mol. The van der Waals surface area contributed by atoms with E-state index >= 15 is 0 Å². The van der Waals surface area contributed by atoms with Gasteiger partial charge in [-0.3, -0.25) is 4.79 Å². The molecule has 0 spiro atoms. The van der Waals surface area contributed by atoms with Crippen LogP contribution >= 0.6 is 23.8 Å². The number of likely N-dealkylation sites (N-methyl/N-ethyl adjacent to an activating group) is 1. The van der Waals surface area contributed by atoms with Gasteiger partial charge in [0, 0.05) is 36.3 Å². The first kappa shape index (κ1) is 24.4. The summed E-state index contributed by atoms with van der Waals surface area (Å²) in [5.74, 6) is -0.218. The van der Waals surface area contributed by atoms with Crippen LogP contribution in [0.15, 0.2) is 83.9 Å². The summed E-state index contributed by atoms with van der Waals surface area (Å²) in [7, 11) is 1.73. The number of halogens is 1. The first-order valence-corrected chi connectivity index (χ1v) is 12.7. The molecule has 1 atom stereocenters. The van der Waals surface area contributed by atoms with Gasteiger partial charge in [0.15, 0.2) is 5.11 Å². The minimum Gasteiger partial charge on any atom is -0.385 e. The van der Waals surface area contributed by atoms with E-state index in [0.29, 0.717) is 41.8 Å². The lowest BCUT2D eigenvalue weighted by Crippen LogP contribution is -2.53. The smallest absolute Gasteiger partial charge is 0.272 e. The van der Waals surface area contributed by atoms with E-state index in [2.05, 4.69) is 5.32 Å². The van der Waals surface area contributed by atoms with E-state index in [-0.39, 0.29) is 5.91 Å². The van der Waals surface area contributed by atoms with Crippen LogP contribution in [0.4, 0.5) is 5.69 Å². The highest BCUT2D eigenvalue weighted by atomic mass is 35.5. The fourth-order valence-electron chi connectivity index (χ4n) is 4.79. The van der Waals surface area contributed by atoms with Gasteiger partial charge in [0.1, 0.15) is 0 Å². The Labute approximate surface area is 221 Å². The average Bonchev–Trinajstić information content (AvgIpc) is 3.00. The van der Waals surface area contributed by atoms with Crippen molar-refractivity contribution in [3.63, 3.8) is 0 Å². The Hall–Kier alpha value is -3.26. The number of aliphatic imine (C=N–C) groups is 1. The van der Waals surface area contributed by atoms with Crippen LogP contribution in [-0.4, -0.2) is 53.0 Å². The third-order valence-electron chi connectivity index (χ3n) is 6.89. The number of likely N-dealkylation sites (tertiary alicyclic amines) is 1. The van der Waals surface area contributed by atoms with Crippen molar-refractivity contribution in [3.8, 4) is 0 Å². The van der Waals surface area contributed by atoms with Gasteiger partial charge in [-0.05, 0) is 48.8 Å². The minimum absolute atomic E-state index is 0.218. The summed E-state index contributed by atoms with van der Waals surface area (Å²) in [5, 5.41) is 15.4. The third-order valence-corrected chi connectivity index (χ3v) is 7.51. The molecule has 184 valence electrons. The topological polar surface area (TPSA) is 68.2 Å². The van der Waals surface area contributed by atoms with E-state index in [1.807, 2.05) is 77.7 Å². The Kier molecular flexibility index (Phi) is 6.79. The van der Waals surface area contributed by atoms with Gasteiger partial charge in [0.25, 0.3) is 5.91 Å². The Balaban J connectivity index is 1.40. The summed E-state index contributed by atoms with van der Waals surface area (Å²) in [4.78, 5) is 21.9. The molecule has 2 N–H and O–H groups in total. The number of hydrogen-bond acceptors (Lipinski definition) is 4. The highest BCUT2D eigenvalue weighted by Crippen LogP contribution is 2.33. The van der Waals surface area contributed by atoms with Crippen LogP contribution in [0.2, 0.25) is 5.02 Å². The molecule has 2 aliphatic heterocycles. The molecular weight excluding hydrogens is 492 g/mol. The highest BCUT2D eigenvalue weighted by Gasteiger charge is 2.36. The summed E-state index contributed by atoms with van der Waals surface area (Å²) >= 11 is 12.1. The lowest BCUT2D eigenvalue weighted by atomic mass is 9.84. The van der Waals surface area contributed by atoms with Crippen LogP contribution in [0.5, 0.6) is 0 Å². The second kappa shape index (κ2) is 10.0. The van der Waals surface area contributed by atoms with E-state index in [1.54, 1.807) is 18.0 Å². The van der Waals surface area contributed by atoms with Crippen LogP contribution < -0.4 is 10.2 Å². The quantitative estimate of drug-likeness (QED) is 0.505. The average molecular weight is 519 g/mol. The molecule has 0 radical (unpaired) electrons. The Morgan fingerprint density at radius 2 is 1.69 bits per heavy atom. The molecule has 2 aliphatic rings. The van der Waals surface area contributed by atoms with Gasteiger partial charge >= 0.3 is 0 Å². The number of benzene rings is 3. The number of nitrogens with one attached hydrogen (secondary N) is 1. The molecule has 8 heteroatoms. The maximum Gasteiger partial charge on any atom is 0.272 e. The number of hydrogen-bond donors (Lipinski definition) is 2. The maximum absolute atomic E-state index is 13.5. The lowest BCUT2D eigenvalue weighted by molar-refractivity contribution is -0.119. The molecule has 36 heavy (non-hydrogen) atoms. The molecule has 0 saturated carbocycles. The van der Waals surface area contributed by atoms with Gasteiger partial charge in [-0.2, -0.15) is 0 Å². The van der Waals surface area contributed by atoms with Gasteiger partial charge in [-0.25, -0.2) is 4.99 Å². The predicted molar refractivity (Wildman–Crippen MR) is 148 cm³/mol. The molecule has 0 aromatic heterocycles. The van der Waals surface area contributed by atoms with Gasteiger partial charge in [-0.15, -0.1) is 0 Å². The maximum atomic E-state index is 13.5. The number of carbonyl (C=O) groups is 1. The van der Waals surface area contributed by atoms with Crippen molar-refractivity contribution in [3.05, 3.63) is 101 Å². The minimum atomic E-state index is -0.904. The van der Waals surface area contributed by atoms with Crippen LogP contribution in [0.3, 0.4) is 0 Å². The van der Waals surface area contributed by atoms with Crippen molar-refractivity contribution in [1.29, 1.82) is 0 Å². The molecule has 0 bridgehead atoms. The number of thiocarbonyl (C=S) groups is 1. The summed E-state index contributed by atoms with van der Waals surface area (Å²) in [5.41, 5.74) is 3.10. The number of fused-ring (bicyclic) bond motifs is 1. The standard InChI is InChI=1S/C28H27ClN4O2S/c1-32-23-13-12-21(29)18-22(23)24(19-8-4-2-5-9-19)30-25(26(32)34)31-27(36)33-16-14-28(35,15-17-33)20-10-6-3-7-11-20/h2-13,18,25,35H,14-17H2,1H3,(H,31,36). The number of piperidine rings is 1. The summed E-state index contributed by atoms with van der Waals surface area (Å²) in [6.45, 7) is 1.14. The van der Waals surface area contributed by atoms with Crippen molar-refractivity contribution < 1.29 is 9.90 Å². The highest BCUT2D eigenvalue weighted by molar-refractivity contribution is 7.80. The van der Waals surface area contributed by atoms with Gasteiger partial charge in [0.2, 0.25) is 6.17 Å². The molecule has 1 saturated heterocycles. The van der Waals surface area contributed by atoms with Crippen LogP contribution in [0.1, 0.15) is 29.5 Å². The van der Waals surface area contributed by atoms with E-state index in [4.69, 9.17) is 28.8 Å². The zero-order chi connectivity index (χ0) is 25.3. The molecule has 1 fully saturated rings. The zero-order valence-corrected chi connectivity index (χ0v) is 21.5. The molecule has 3 aromatic carbocycles. The van der Waals surface area contributed by atoms with Crippen molar-refractivity contribution in [2.75, 3.05) is 25.0 Å². The second-order valence-electron chi connectivity index (χ2n) is 9.14. The third kappa shape index (κ3) is 4.74. The number of rotatable bonds is 3. The summed E-state index contributed by atoms with van der Waals surface area (Å²) < 4.78 is 0. The van der Waals surface area contributed by atoms with E-state index in [0.717, 1.165) is 22.4 Å². The van der Waals surface area contributed by atoms with Gasteiger partial charge in [-0.1, -0.05) is 72.3 Å². The lowest BCUT2D eigenvalue weighted by Gasteiger charge is -2.40. The predicted octanol–water partition coefficient (Wildman–Crippen LogP) is 4.34. The Bertz CT molecular complexity index is 1310. The Morgan fingerprint density at radius 3 is 2.36 bits per heavy atom. The number of carbonyl (C=O) groups excluding carboxylic acids is 1. The molecular formula is C28H27ClN4O2S. The molecule has 1 amide bonds. The number of aliphatic hydroxyl groups is 1. The molecule has 2 heterocycles. The van der Waals surface area contributed by atoms with Crippen LogP contribution in [-0.2, 0) is 10.4 Å². The van der Waals surface area contributed by atoms with Crippen molar-refractivity contribution in [1.82, 2.24) is 10.2 Å². The molecule has 6 nitrogen and oxygen atoms in total. The first-order chi connectivity index (χ1) is 17.4. The number of amides is 1. The normalized spacial score (nSPS) is 19.2. The van der Waals surface area contributed by atoms with Crippen molar-refractivity contribution in [2.24, 2.45) is 4.99 Å². The zero-order valence-electron chi connectivity index (χ0n) is 19.9. The van der Waals surface area contributed by atoms with E-state index in [1.165, 1.54) is 0 Å². The van der Waals surface area contributed by atoms with Crippen LogP contribution in [0.25, 0.3) is 0 Å². The Morgan fingerprint density at radius 1 is 1.06 bits per heavy atom. The number of benzodiazepines with no additional fused rings is 1. The molecule has 1 unspecified atom stereocenters. The fourth-order valence-corrected chi connectivity index (χ4v) is 5.26. The number of anilines is 1. The van der Waals surface area contributed by atoms with E-state index < -0.39 is 11.8 Å². The SMILES string of the molecule is CN1C(=O)C(NC(=S)N2CCC(O)(c3ccccc3)CC2)N=C(c2ccccc2)c2cc(Cl)ccc21.